The van der Waals surface area contributed by atoms with Crippen LogP contribution < -0.4 is 11.1 Å². The maximum absolute atomic E-state index is 13.1. The molecule has 0 fully saturated rings. The molecule has 1 heterocycles. The number of Topliss-reactive ketones (excluding diaryl/α,β-unsaturated/α-hetero) is 1. The van der Waals surface area contributed by atoms with Crippen LogP contribution in [0.2, 0.25) is 0 Å². The topological polar surface area (TPSA) is 78.9 Å². The highest BCUT2D eigenvalue weighted by Gasteiger charge is 2.31. The number of benzene rings is 2. The van der Waals surface area contributed by atoms with E-state index >= 15 is 0 Å². The number of nitriles is 1. The average molecular weight is 315 g/mol. The Balaban J connectivity index is 2.11. The summed E-state index contributed by atoms with van der Waals surface area (Å²) in [6, 6.07) is 19.1. The molecule has 1 atom stereocenters. The maximum atomic E-state index is 13.1. The second-order valence-corrected chi connectivity index (χ2v) is 5.67. The molecule has 4 nitrogen and oxygen atoms in total. The summed E-state index contributed by atoms with van der Waals surface area (Å²) in [5, 5.41) is 12.4. The Morgan fingerprint density at radius 1 is 1.12 bits per heavy atom. The van der Waals surface area contributed by atoms with E-state index in [9.17, 15) is 10.1 Å². The molecule has 1 aliphatic rings. The molecule has 24 heavy (non-hydrogen) atoms. The molecule has 0 aliphatic carbocycles. The van der Waals surface area contributed by atoms with E-state index in [4.69, 9.17) is 5.73 Å². The first kappa shape index (κ1) is 15.6. The van der Waals surface area contributed by atoms with Crippen molar-refractivity contribution in [1.29, 1.82) is 5.26 Å². The van der Waals surface area contributed by atoms with Gasteiger partial charge in [0.2, 0.25) is 0 Å². The minimum absolute atomic E-state index is 0.102. The molecule has 2 aromatic carbocycles. The van der Waals surface area contributed by atoms with E-state index in [2.05, 4.69) is 11.4 Å². The second kappa shape index (κ2) is 6.43. The van der Waals surface area contributed by atoms with Crippen molar-refractivity contribution in [2.45, 2.75) is 12.8 Å². The van der Waals surface area contributed by atoms with Crippen molar-refractivity contribution in [1.82, 2.24) is 5.32 Å². The number of nitrogens with one attached hydrogen (secondary N) is 1. The van der Waals surface area contributed by atoms with Crippen molar-refractivity contribution in [3.05, 3.63) is 94.5 Å². The maximum Gasteiger partial charge on any atom is 0.191 e. The number of carbonyl (C=O) groups excluding carboxylic acids is 1. The monoisotopic (exact) mass is 315 g/mol. The van der Waals surface area contributed by atoms with Gasteiger partial charge in [0.05, 0.1) is 17.6 Å². The lowest BCUT2D eigenvalue weighted by Gasteiger charge is -2.25. The first-order chi connectivity index (χ1) is 11.6. The zero-order valence-corrected chi connectivity index (χ0v) is 13.3. The lowest BCUT2D eigenvalue weighted by Crippen LogP contribution is -2.29. The van der Waals surface area contributed by atoms with Gasteiger partial charge in [-0.15, -0.1) is 0 Å². The molecule has 0 bridgehead atoms. The minimum Gasteiger partial charge on any atom is -0.384 e. The van der Waals surface area contributed by atoms with Gasteiger partial charge in [-0.2, -0.15) is 5.26 Å². The van der Waals surface area contributed by atoms with Crippen molar-refractivity contribution in [2.75, 3.05) is 0 Å². The molecule has 0 saturated heterocycles. The van der Waals surface area contributed by atoms with Gasteiger partial charge in [-0.25, -0.2) is 0 Å². The van der Waals surface area contributed by atoms with Crippen LogP contribution in [0.1, 0.15) is 27.4 Å². The van der Waals surface area contributed by atoms with Gasteiger partial charge in [-0.05, 0) is 18.1 Å². The van der Waals surface area contributed by atoms with Gasteiger partial charge in [0.1, 0.15) is 5.82 Å². The Labute approximate surface area is 140 Å². The third kappa shape index (κ3) is 2.68. The molecular formula is C20H17N3O. The van der Waals surface area contributed by atoms with Crippen LogP contribution >= 0.6 is 0 Å². The number of carbonyl (C=O) groups is 1. The van der Waals surface area contributed by atoms with Gasteiger partial charge < -0.3 is 11.1 Å². The van der Waals surface area contributed by atoms with E-state index < -0.39 is 5.92 Å². The van der Waals surface area contributed by atoms with Crippen molar-refractivity contribution in [2.24, 2.45) is 5.73 Å². The van der Waals surface area contributed by atoms with Gasteiger partial charge in [-0.1, -0.05) is 54.6 Å². The highest BCUT2D eigenvalue weighted by Crippen LogP contribution is 2.36. The zero-order valence-electron chi connectivity index (χ0n) is 13.3. The number of dihydropyridines is 1. The van der Waals surface area contributed by atoms with Gasteiger partial charge >= 0.3 is 0 Å². The van der Waals surface area contributed by atoms with Crippen molar-refractivity contribution in [3.8, 4) is 6.07 Å². The number of nitrogens with zero attached hydrogens (tertiary/aromatic N) is 1. The summed E-state index contributed by atoms with van der Waals surface area (Å²) in [5.41, 5.74) is 9.21. The van der Waals surface area contributed by atoms with Crippen LogP contribution in [0.5, 0.6) is 0 Å². The van der Waals surface area contributed by atoms with Crippen molar-refractivity contribution in [3.63, 3.8) is 0 Å². The van der Waals surface area contributed by atoms with Gasteiger partial charge in [0.15, 0.2) is 5.78 Å². The van der Waals surface area contributed by atoms with Crippen LogP contribution in [0.25, 0.3) is 0 Å². The van der Waals surface area contributed by atoms with Crippen LogP contribution in [0.15, 0.2) is 77.8 Å². The van der Waals surface area contributed by atoms with Crippen LogP contribution in [0, 0.1) is 18.3 Å². The van der Waals surface area contributed by atoms with E-state index in [1.165, 1.54) is 0 Å². The minimum atomic E-state index is -0.468. The lowest BCUT2D eigenvalue weighted by atomic mass is 9.80. The quantitative estimate of drug-likeness (QED) is 0.853. The molecule has 1 unspecified atom stereocenters. The first-order valence-corrected chi connectivity index (χ1v) is 7.65. The number of nitrogens with two attached hydrogens (primary N) is 1. The molecule has 2 aromatic rings. The van der Waals surface area contributed by atoms with E-state index in [0.717, 1.165) is 11.1 Å². The average Bonchev–Trinajstić information content (AvgIpc) is 2.62. The van der Waals surface area contributed by atoms with Gasteiger partial charge in [0, 0.05) is 17.3 Å². The molecule has 0 spiro atoms. The van der Waals surface area contributed by atoms with Crippen molar-refractivity contribution >= 4 is 5.78 Å². The van der Waals surface area contributed by atoms with E-state index in [1.54, 1.807) is 12.3 Å². The van der Waals surface area contributed by atoms with Crippen LogP contribution in [-0.2, 0) is 0 Å². The summed E-state index contributed by atoms with van der Waals surface area (Å²) in [6.45, 7) is 1.90. The summed E-state index contributed by atoms with van der Waals surface area (Å²) in [4.78, 5) is 13.1. The van der Waals surface area contributed by atoms with E-state index in [0.29, 0.717) is 16.7 Å². The van der Waals surface area contributed by atoms with Crippen LogP contribution in [-0.4, -0.2) is 5.78 Å². The Kier molecular flexibility index (Phi) is 4.17. The molecule has 3 rings (SSSR count). The lowest BCUT2D eigenvalue weighted by molar-refractivity contribution is 0.102. The summed E-state index contributed by atoms with van der Waals surface area (Å²) in [6.07, 6.45) is 1.61. The fourth-order valence-electron chi connectivity index (χ4n) is 2.92. The second-order valence-electron chi connectivity index (χ2n) is 5.67. The molecular weight excluding hydrogens is 298 g/mol. The number of hydrogen-bond acceptors (Lipinski definition) is 4. The molecule has 0 saturated carbocycles. The standard InChI is InChI=1S/C20H17N3O/c1-13-7-5-6-10-15(13)19(24)17-12-23-20(22)16(11-21)18(17)14-8-3-2-4-9-14/h2-10,12,18,23H,22H2,1H3. The first-order valence-electron chi connectivity index (χ1n) is 7.65. The highest BCUT2D eigenvalue weighted by atomic mass is 16.1. The molecule has 118 valence electrons. The Hall–Kier alpha value is -3.32. The van der Waals surface area contributed by atoms with Crippen molar-refractivity contribution < 1.29 is 4.79 Å². The van der Waals surface area contributed by atoms with Gasteiger partial charge in [0.25, 0.3) is 0 Å². The predicted octanol–water partition coefficient (Wildman–Crippen LogP) is 3.14. The normalized spacial score (nSPS) is 16.8. The van der Waals surface area contributed by atoms with E-state index in [-0.39, 0.29) is 11.6 Å². The Bertz CT molecular complexity index is 889. The summed E-state index contributed by atoms with van der Waals surface area (Å²) >= 11 is 0. The van der Waals surface area contributed by atoms with Crippen LogP contribution in [0.3, 0.4) is 0 Å². The largest absolute Gasteiger partial charge is 0.384 e. The zero-order chi connectivity index (χ0) is 17.1. The number of rotatable bonds is 3. The fourth-order valence-corrected chi connectivity index (χ4v) is 2.92. The summed E-state index contributed by atoms with van der Waals surface area (Å²) in [5.74, 6) is -0.285. The van der Waals surface area contributed by atoms with Gasteiger partial charge in [-0.3, -0.25) is 4.79 Å². The smallest absolute Gasteiger partial charge is 0.191 e. The summed E-state index contributed by atoms with van der Waals surface area (Å²) < 4.78 is 0. The molecule has 1 aliphatic heterocycles. The third-order valence-corrected chi connectivity index (χ3v) is 4.18. The fraction of sp³-hybridized carbons (Fsp3) is 0.100. The number of hydrogen-bond donors (Lipinski definition) is 2. The molecule has 0 aromatic heterocycles. The highest BCUT2D eigenvalue weighted by molar-refractivity contribution is 6.11. The number of ketones is 1. The number of aryl methyl sites for hydroxylation is 1. The SMILES string of the molecule is Cc1ccccc1C(=O)C1=CNC(N)=C(C#N)C1c1ccccc1. The van der Waals surface area contributed by atoms with Crippen LogP contribution in [0.4, 0.5) is 0 Å². The number of allylic oxidation sites excluding steroid dienone is 2. The molecule has 4 heteroatoms. The molecule has 0 amide bonds. The molecule has 3 N–H and O–H groups in total. The predicted molar refractivity (Wildman–Crippen MR) is 92.7 cm³/mol. The Morgan fingerprint density at radius 3 is 2.46 bits per heavy atom. The third-order valence-electron chi connectivity index (χ3n) is 4.18. The molecule has 0 radical (unpaired) electrons. The summed E-state index contributed by atoms with van der Waals surface area (Å²) in [7, 11) is 0. The Morgan fingerprint density at radius 2 is 1.79 bits per heavy atom. The van der Waals surface area contributed by atoms with E-state index in [1.807, 2.05) is 55.5 Å².